The number of rotatable bonds is 3. The number of aromatic nitrogens is 2. The number of carbonyl (C=O) groups is 1. The molecule has 3 aromatic rings. The number of nitrogens with zero attached hydrogens (tertiary/aromatic N) is 1. The normalized spacial score (nSPS) is 10.8. The lowest BCUT2D eigenvalue weighted by atomic mass is 10.1. The van der Waals surface area contributed by atoms with Gasteiger partial charge in [0.05, 0.1) is 11.0 Å². The van der Waals surface area contributed by atoms with E-state index in [2.05, 4.69) is 22.2 Å². The molecule has 0 fully saturated rings. The lowest BCUT2D eigenvalue weighted by Crippen LogP contribution is -2.11. The van der Waals surface area contributed by atoms with Gasteiger partial charge in [-0.15, -0.1) is 0 Å². The van der Waals surface area contributed by atoms with Crippen molar-refractivity contribution in [2.75, 3.05) is 5.32 Å². The Kier molecular flexibility index (Phi) is 3.44. The summed E-state index contributed by atoms with van der Waals surface area (Å²) in [5.74, 6) is 0.728. The van der Waals surface area contributed by atoms with E-state index < -0.39 is 0 Å². The molecule has 0 aliphatic rings. The summed E-state index contributed by atoms with van der Waals surface area (Å²) in [6.45, 7) is 4.00. The highest BCUT2D eigenvalue weighted by atomic mass is 16.1. The summed E-state index contributed by atoms with van der Waals surface area (Å²) in [5.41, 5.74) is 4.42. The van der Waals surface area contributed by atoms with Crippen molar-refractivity contribution in [2.45, 2.75) is 20.3 Å². The van der Waals surface area contributed by atoms with E-state index in [0.29, 0.717) is 5.56 Å². The van der Waals surface area contributed by atoms with E-state index in [-0.39, 0.29) is 5.91 Å². The second-order valence-electron chi connectivity index (χ2n) is 5.06. The van der Waals surface area contributed by atoms with Crippen molar-refractivity contribution in [3.8, 4) is 0 Å². The Morgan fingerprint density at radius 1 is 1.19 bits per heavy atom. The van der Waals surface area contributed by atoms with Crippen molar-refractivity contribution in [1.82, 2.24) is 9.97 Å². The second kappa shape index (κ2) is 5.40. The van der Waals surface area contributed by atoms with Crippen LogP contribution < -0.4 is 5.32 Å². The lowest BCUT2D eigenvalue weighted by Gasteiger charge is -2.06. The van der Waals surface area contributed by atoms with Gasteiger partial charge in [-0.05, 0) is 49.2 Å². The highest BCUT2D eigenvalue weighted by Gasteiger charge is 2.08. The molecular formula is C17H17N3O. The molecule has 1 heterocycles. The zero-order chi connectivity index (χ0) is 14.8. The molecule has 4 nitrogen and oxygen atoms in total. The number of imidazole rings is 1. The van der Waals surface area contributed by atoms with Crippen LogP contribution in [0.3, 0.4) is 0 Å². The second-order valence-corrected chi connectivity index (χ2v) is 5.06. The summed E-state index contributed by atoms with van der Waals surface area (Å²) in [7, 11) is 0. The van der Waals surface area contributed by atoms with Crippen LogP contribution >= 0.6 is 0 Å². The Labute approximate surface area is 123 Å². The highest BCUT2D eigenvalue weighted by molar-refractivity contribution is 6.05. The molecule has 0 unspecified atom stereocenters. The summed E-state index contributed by atoms with van der Waals surface area (Å²) in [4.78, 5) is 19.7. The van der Waals surface area contributed by atoms with Crippen LogP contribution in [0.2, 0.25) is 0 Å². The average Bonchev–Trinajstić information content (AvgIpc) is 2.87. The molecule has 0 spiro atoms. The van der Waals surface area contributed by atoms with Crippen molar-refractivity contribution in [3.05, 3.63) is 59.4 Å². The number of hydrogen-bond acceptors (Lipinski definition) is 2. The van der Waals surface area contributed by atoms with Gasteiger partial charge >= 0.3 is 0 Å². The van der Waals surface area contributed by atoms with Crippen LogP contribution in [0.15, 0.2) is 42.5 Å². The van der Waals surface area contributed by atoms with Gasteiger partial charge in [0.25, 0.3) is 5.91 Å². The fourth-order valence-electron chi connectivity index (χ4n) is 2.31. The predicted molar refractivity (Wildman–Crippen MR) is 84.6 cm³/mol. The van der Waals surface area contributed by atoms with Gasteiger partial charge in [-0.2, -0.15) is 0 Å². The maximum atomic E-state index is 12.3. The molecule has 3 rings (SSSR count). The third-order valence-corrected chi connectivity index (χ3v) is 3.48. The van der Waals surface area contributed by atoms with Crippen molar-refractivity contribution >= 4 is 22.6 Å². The first-order valence-electron chi connectivity index (χ1n) is 7.02. The molecule has 4 heteroatoms. The van der Waals surface area contributed by atoms with Crippen molar-refractivity contribution in [1.29, 1.82) is 0 Å². The number of nitrogens with one attached hydrogen (secondary N) is 2. The first-order valence-corrected chi connectivity index (χ1v) is 7.02. The Morgan fingerprint density at radius 2 is 1.95 bits per heavy atom. The van der Waals surface area contributed by atoms with E-state index in [1.165, 1.54) is 5.56 Å². The molecule has 0 saturated carbocycles. The Bertz CT molecular complexity index is 787. The van der Waals surface area contributed by atoms with Gasteiger partial charge in [0.1, 0.15) is 5.82 Å². The zero-order valence-corrected chi connectivity index (χ0v) is 12.1. The number of hydrogen-bond donors (Lipinski definition) is 2. The fraction of sp³-hybridized carbons (Fsp3) is 0.176. The number of amides is 1. The molecule has 0 aliphatic heterocycles. The molecule has 2 aromatic carbocycles. The number of benzene rings is 2. The standard InChI is InChI=1S/C17H17N3O/c1-3-12-4-7-14(8-5-12)20-17(21)13-6-9-15-16(10-13)19-11(2)18-15/h4-10H,3H2,1-2H3,(H,18,19)(H,20,21). The number of carbonyl (C=O) groups excluding carboxylic acids is 1. The van der Waals surface area contributed by atoms with Crippen LogP contribution in [0.1, 0.15) is 28.7 Å². The Balaban J connectivity index is 1.82. The van der Waals surface area contributed by atoms with Gasteiger partial charge in [0.15, 0.2) is 0 Å². The maximum absolute atomic E-state index is 12.3. The van der Waals surface area contributed by atoms with Crippen LogP contribution in [-0.2, 0) is 6.42 Å². The quantitative estimate of drug-likeness (QED) is 0.768. The minimum absolute atomic E-state index is 0.117. The Morgan fingerprint density at radius 3 is 2.67 bits per heavy atom. The fourth-order valence-corrected chi connectivity index (χ4v) is 2.31. The topological polar surface area (TPSA) is 57.8 Å². The lowest BCUT2D eigenvalue weighted by molar-refractivity contribution is 0.102. The van der Waals surface area contributed by atoms with Gasteiger partial charge in [-0.1, -0.05) is 19.1 Å². The molecule has 0 bridgehead atoms. The Hall–Kier alpha value is -2.62. The molecule has 0 aliphatic carbocycles. The number of aromatic amines is 1. The summed E-state index contributed by atoms with van der Waals surface area (Å²) in [5, 5.41) is 2.91. The van der Waals surface area contributed by atoms with Crippen molar-refractivity contribution in [3.63, 3.8) is 0 Å². The van der Waals surface area contributed by atoms with Crippen LogP contribution in [0.25, 0.3) is 11.0 Å². The van der Waals surface area contributed by atoms with Gasteiger partial charge in [0.2, 0.25) is 0 Å². The van der Waals surface area contributed by atoms with Crippen molar-refractivity contribution in [2.24, 2.45) is 0 Å². The zero-order valence-electron chi connectivity index (χ0n) is 12.1. The third-order valence-electron chi connectivity index (χ3n) is 3.48. The van der Waals surface area contributed by atoms with E-state index in [9.17, 15) is 4.79 Å². The highest BCUT2D eigenvalue weighted by Crippen LogP contribution is 2.16. The smallest absolute Gasteiger partial charge is 0.255 e. The van der Waals surface area contributed by atoms with Gasteiger partial charge in [-0.25, -0.2) is 4.98 Å². The maximum Gasteiger partial charge on any atom is 0.255 e. The number of anilines is 1. The number of aryl methyl sites for hydroxylation is 2. The molecule has 0 radical (unpaired) electrons. The molecule has 2 N–H and O–H groups in total. The largest absolute Gasteiger partial charge is 0.342 e. The third kappa shape index (κ3) is 2.79. The molecule has 106 valence electrons. The predicted octanol–water partition coefficient (Wildman–Crippen LogP) is 3.69. The molecule has 21 heavy (non-hydrogen) atoms. The summed E-state index contributed by atoms with van der Waals surface area (Å²) in [6, 6.07) is 13.4. The van der Waals surface area contributed by atoms with E-state index in [1.54, 1.807) is 6.07 Å². The summed E-state index contributed by atoms with van der Waals surface area (Å²) >= 11 is 0. The van der Waals surface area contributed by atoms with Crippen LogP contribution in [0, 0.1) is 6.92 Å². The summed E-state index contributed by atoms with van der Waals surface area (Å²) in [6.07, 6.45) is 0.990. The minimum atomic E-state index is -0.117. The van der Waals surface area contributed by atoms with Gasteiger partial charge < -0.3 is 10.3 Å². The number of H-pyrrole nitrogens is 1. The van der Waals surface area contributed by atoms with E-state index in [1.807, 2.05) is 43.3 Å². The number of fused-ring (bicyclic) bond motifs is 1. The van der Waals surface area contributed by atoms with Gasteiger partial charge in [-0.3, -0.25) is 4.79 Å². The van der Waals surface area contributed by atoms with E-state index in [4.69, 9.17) is 0 Å². The van der Waals surface area contributed by atoms with E-state index in [0.717, 1.165) is 29.0 Å². The molecule has 0 atom stereocenters. The first kappa shape index (κ1) is 13.4. The average molecular weight is 279 g/mol. The van der Waals surface area contributed by atoms with Crippen LogP contribution in [0.4, 0.5) is 5.69 Å². The van der Waals surface area contributed by atoms with Crippen LogP contribution in [0.5, 0.6) is 0 Å². The minimum Gasteiger partial charge on any atom is -0.342 e. The SMILES string of the molecule is CCc1ccc(NC(=O)c2ccc3nc(C)[nH]c3c2)cc1. The van der Waals surface area contributed by atoms with Crippen molar-refractivity contribution < 1.29 is 4.79 Å². The molecule has 1 amide bonds. The summed E-state index contributed by atoms with van der Waals surface area (Å²) < 4.78 is 0. The monoisotopic (exact) mass is 279 g/mol. The first-order chi connectivity index (χ1) is 10.2. The molecule has 0 saturated heterocycles. The molecular weight excluding hydrogens is 262 g/mol. The van der Waals surface area contributed by atoms with Crippen LogP contribution in [-0.4, -0.2) is 15.9 Å². The van der Waals surface area contributed by atoms with E-state index >= 15 is 0 Å². The van der Waals surface area contributed by atoms with Gasteiger partial charge in [0, 0.05) is 11.3 Å². The molecule has 1 aromatic heterocycles.